The maximum Gasteiger partial charge on any atom is 0.308 e. The van der Waals surface area contributed by atoms with Crippen molar-refractivity contribution in [3.05, 3.63) is 57.3 Å². The van der Waals surface area contributed by atoms with Crippen molar-refractivity contribution >= 4 is 34.9 Å². The number of nitrogens with zero attached hydrogens (tertiary/aromatic N) is 1. The first-order chi connectivity index (χ1) is 12.0. The minimum Gasteiger partial charge on any atom is -0.457 e. The molecular weight excluding hydrogens is 342 g/mol. The molecule has 2 amide bonds. The van der Waals surface area contributed by atoms with Crippen molar-refractivity contribution < 1.29 is 23.9 Å². The molecule has 0 unspecified atom stereocenters. The molecule has 128 valence electrons. The number of carbonyl (C=O) groups excluding carboxylic acids is 4. The highest BCUT2D eigenvalue weighted by Gasteiger charge is 2.35. The van der Waals surface area contributed by atoms with E-state index in [4.69, 9.17) is 4.74 Å². The summed E-state index contributed by atoms with van der Waals surface area (Å²) in [5, 5.41) is 0. The molecule has 2 heterocycles. The molecular formula is C18H15NO5S. The summed E-state index contributed by atoms with van der Waals surface area (Å²) in [5.74, 6) is -1.73. The molecule has 0 radical (unpaired) electrons. The second kappa shape index (κ2) is 6.98. The normalized spacial score (nSPS) is 13.1. The number of esters is 1. The van der Waals surface area contributed by atoms with Gasteiger partial charge in [-0.15, -0.1) is 11.3 Å². The maximum absolute atomic E-state index is 12.2. The Morgan fingerprint density at radius 1 is 1.04 bits per heavy atom. The molecule has 0 fully saturated rings. The number of rotatable bonds is 6. The number of amides is 2. The molecule has 7 heteroatoms. The lowest BCUT2D eigenvalue weighted by Gasteiger charge is -2.12. The standard InChI is InChI=1S/C18H15NO5S/c1-11-6-7-15(25-11)14(20)10-24-16(21)8-9-19-17(22)12-4-2-3-5-13(12)18(19)23/h2-7H,8-10H2,1H3. The molecule has 0 saturated heterocycles. The molecule has 0 aliphatic carbocycles. The van der Waals surface area contributed by atoms with Crippen LogP contribution >= 0.6 is 11.3 Å². The molecule has 1 aliphatic heterocycles. The maximum atomic E-state index is 12.2. The molecule has 3 rings (SSSR count). The zero-order chi connectivity index (χ0) is 18.0. The van der Waals surface area contributed by atoms with Gasteiger partial charge in [-0.1, -0.05) is 12.1 Å². The Morgan fingerprint density at radius 3 is 2.24 bits per heavy atom. The monoisotopic (exact) mass is 357 g/mol. The van der Waals surface area contributed by atoms with E-state index in [1.807, 2.05) is 13.0 Å². The van der Waals surface area contributed by atoms with Crippen molar-refractivity contribution in [2.24, 2.45) is 0 Å². The van der Waals surface area contributed by atoms with Crippen molar-refractivity contribution in [2.75, 3.05) is 13.2 Å². The fourth-order valence-corrected chi connectivity index (χ4v) is 3.31. The third-order valence-electron chi connectivity index (χ3n) is 3.80. The first-order valence-electron chi connectivity index (χ1n) is 7.68. The Labute approximate surface area is 148 Å². The first kappa shape index (κ1) is 17.0. The second-order valence-electron chi connectivity index (χ2n) is 5.55. The predicted octanol–water partition coefficient (Wildman–Crippen LogP) is 2.47. The average Bonchev–Trinajstić information content (AvgIpc) is 3.14. The first-order valence-corrected chi connectivity index (χ1v) is 8.49. The SMILES string of the molecule is Cc1ccc(C(=O)COC(=O)CCN2C(=O)c3ccccc3C2=O)s1. The number of carbonyl (C=O) groups is 4. The third kappa shape index (κ3) is 3.51. The fraction of sp³-hybridized carbons (Fsp3) is 0.222. The number of aryl methyl sites for hydroxylation is 1. The summed E-state index contributed by atoms with van der Waals surface area (Å²) in [6, 6.07) is 10.0. The lowest BCUT2D eigenvalue weighted by Crippen LogP contribution is -2.32. The van der Waals surface area contributed by atoms with Gasteiger partial charge in [0.05, 0.1) is 22.4 Å². The summed E-state index contributed by atoms with van der Waals surface area (Å²) in [6.07, 6.45) is -0.151. The van der Waals surface area contributed by atoms with Gasteiger partial charge in [-0.2, -0.15) is 0 Å². The summed E-state index contributed by atoms with van der Waals surface area (Å²) in [4.78, 5) is 50.6. The molecule has 0 spiro atoms. The van der Waals surface area contributed by atoms with E-state index in [1.54, 1.807) is 30.3 Å². The Bertz CT molecular complexity index is 835. The van der Waals surface area contributed by atoms with Gasteiger partial charge in [0.1, 0.15) is 0 Å². The quantitative estimate of drug-likeness (QED) is 0.451. The van der Waals surface area contributed by atoms with Gasteiger partial charge in [-0.25, -0.2) is 0 Å². The smallest absolute Gasteiger partial charge is 0.308 e. The molecule has 6 nitrogen and oxygen atoms in total. The molecule has 0 atom stereocenters. The van der Waals surface area contributed by atoms with Crippen LogP contribution in [0.2, 0.25) is 0 Å². The fourth-order valence-electron chi connectivity index (χ4n) is 2.52. The highest BCUT2D eigenvalue weighted by atomic mass is 32.1. The number of ether oxygens (including phenoxy) is 1. The van der Waals surface area contributed by atoms with Crippen molar-refractivity contribution in [1.82, 2.24) is 4.90 Å². The van der Waals surface area contributed by atoms with E-state index in [2.05, 4.69) is 0 Å². The summed E-state index contributed by atoms with van der Waals surface area (Å²) < 4.78 is 4.94. The summed E-state index contributed by atoms with van der Waals surface area (Å²) in [7, 11) is 0. The van der Waals surface area contributed by atoms with Crippen LogP contribution in [0.1, 0.15) is 41.7 Å². The number of thiophene rings is 1. The number of Topliss-reactive ketones (excluding diaryl/α,β-unsaturated/α-hetero) is 1. The topological polar surface area (TPSA) is 80.8 Å². The Hall–Kier alpha value is -2.80. The van der Waals surface area contributed by atoms with Gasteiger partial charge in [-0.05, 0) is 31.2 Å². The van der Waals surface area contributed by atoms with E-state index in [1.165, 1.54) is 11.3 Å². The zero-order valence-corrected chi connectivity index (χ0v) is 14.3. The van der Waals surface area contributed by atoms with E-state index in [0.717, 1.165) is 9.78 Å². The van der Waals surface area contributed by atoms with Gasteiger partial charge in [0, 0.05) is 11.4 Å². The van der Waals surface area contributed by atoms with Crippen LogP contribution in [-0.2, 0) is 9.53 Å². The zero-order valence-electron chi connectivity index (χ0n) is 13.5. The van der Waals surface area contributed by atoms with Gasteiger partial charge < -0.3 is 4.74 Å². The minimum atomic E-state index is -0.627. The van der Waals surface area contributed by atoms with Crippen LogP contribution in [0.3, 0.4) is 0 Å². The Balaban J connectivity index is 1.51. The van der Waals surface area contributed by atoms with Crippen LogP contribution in [0.5, 0.6) is 0 Å². The molecule has 25 heavy (non-hydrogen) atoms. The van der Waals surface area contributed by atoms with Gasteiger partial charge in [0.25, 0.3) is 11.8 Å². The van der Waals surface area contributed by atoms with Crippen molar-refractivity contribution in [2.45, 2.75) is 13.3 Å². The lowest BCUT2D eigenvalue weighted by molar-refractivity contribution is -0.142. The summed E-state index contributed by atoms with van der Waals surface area (Å²) in [6.45, 7) is 1.47. The van der Waals surface area contributed by atoms with Crippen LogP contribution in [0.25, 0.3) is 0 Å². The van der Waals surface area contributed by atoms with Crippen LogP contribution in [-0.4, -0.2) is 41.6 Å². The highest BCUT2D eigenvalue weighted by molar-refractivity contribution is 7.14. The average molecular weight is 357 g/mol. The largest absolute Gasteiger partial charge is 0.457 e. The van der Waals surface area contributed by atoms with Gasteiger partial charge in [0.2, 0.25) is 5.78 Å². The van der Waals surface area contributed by atoms with Crippen molar-refractivity contribution in [3.8, 4) is 0 Å². The molecule has 1 aromatic heterocycles. The molecule has 0 bridgehead atoms. The molecule has 1 aromatic carbocycles. The van der Waals surface area contributed by atoms with E-state index >= 15 is 0 Å². The third-order valence-corrected chi connectivity index (χ3v) is 4.84. The molecule has 0 N–H and O–H groups in total. The number of ketones is 1. The van der Waals surface area contributed by atoms with Gasteiger partial charge >= 0.3 is 5.97 Å². The Kier molecular flexibility index (Phi) is 4.76. The van der Waals surface area contributed by atoms with Gasteiger partial charge in [0.15, 0.2) is 6.61 Å². The molecule has 1 aliphatic rings. The van der Waals surface area contributed by atoms with E-state index < -0.39 is 17.8 Å². The Morgan fingerprint density at radius 2 is 1.68 bits per heavy atom. The number of hydrogen-bond donors (Lipinski definition) is 0. The van der Waals surface area contributed by atoms with E-state index in [0.29, 0.717) is 16.0 Å². The summed E-state index contributed by atoms with van der Waals surface area (Å²) >= 11 is 1.34. The van der Waals surface area contributed by atoms with Crippen molar-refractivity contribution in [3.63, 3.8) is 0 Å². The van der Waals surface area contributed by atoms with Crippen molar-refractivity contribution in [1.29, 1.82) is 0 Å². The van der Waals surface area contributed by atoms with Crippen LogP contribution in [0, 0.1) is 6.92 Å². The second-order valence-corrected chi connectivity index (χ2v) is 6.84. The van der Waals surface area contributed by atoms with E-state index in [-0.39, 0.29) is 25.4 Å². The predicted molar refractivity (Wildman–Crippen MR) is 90.8 cm³/mol. The molecule has 2 aromatic rings. The number of hydrogen-bond acceptors (Lipinski definition) is 6. The summed E-state index contributed by atoms with van der Waals surface area (Å²) in [5.41, 5.74) is 0.674. The van der Waals surface area contributed by atoms with Crippen LogP contribution in [0.4, 0.5) is 0 Å². The van der Waals surface area contributed by atoms with E-state index in [9.17, 15) is 19.2 Å². The van der Waals surface area contributed by atoms with Gasteiger partial charge in [-0.3, -0.25) is 24.1 Å². The van der Waals surface area contributed by atoms with Crippen LogP contribution in [0.15, 0.2) is 36.4 Å². The number of benzene rings is 1. The number of fused-ring (bicyclic) bond motifs is 1. The molecule has 0 saturated carbocycles. The minimum absolute atomic E-state index is 0.0719. The lowest BCUT2D eigenvalue weighted by atomic mass is 10.1. The number of imide groups is 1. The highest BCUT2D eigenvalue weighted by Crippen LogP contribution is 2.22. The van der Waals surface area contributed by atoms with Crippen LogP contribution < -0.4 is 0 Å².